The Bertz CT molecular complexity index is 70.9. The van der Waals surface area contributed by atoms with Crippen LogP contribution in [0.4, 0.5) is 0 Å². The van der Waals surface area contributed by atoms with Crippen molar-refractivity contribution >= 4 is 11.8 Å². The lowest BCUT2D eigenvalue weighted by Gasteiger charge is -2.04. The van der Waals surface area contributed by atoms with Crippen LogP contribution in [-0.2, 0) is 0 Å². The normalized spacial score (nSPS) is 30.0. The summed E-state index contributed by atoms with van der Waals surface area (Å²) < 4.78 is 0. The standard InChI is InChI=1S/C6H13NS/c1-2-3-5(7)6-4-8-6/h5-6H,2-4,7H2,1H3. The molecule has 0 aromatic carbocycles. The second-order valence-corrected chi connectivity index (χ2v) is 3.60. The van der Waals surface area contributed by atoms with Crippen LogP contribution in [0.15, 0.2) is 0 Å². The van der Waals surface area contributed by atoms with Crippen LogP contribution < -0.4 is 5.73 Å². The van der Waals surface area contributed by atoms with Gasteiger partial charge in [0.1, 0.15) is 0 Å². The highest BCUT2D eigenvalue weighted by Crippen LogP contribution is 2.33. The van der Waals surface area contributed by atoms with Gasteiger partial charge in [-0.2, -0.15) is 11.8 Å². The molecule has 0 aromatic rings. The summed E-state index contributed by atoms with van der Waals surface area (Å²) in [4.78, 5) is 0. The molecule has 1 heterocycles. The summed E-state index contributed by atoms with van der Waals surface area (Å²) in [6, 6.07) is 0.491. The predicted octanol–water partition coefficient (Wildman–Crippen LogP) is 1.23. The van der Waals surface area contributed by atoms with Gasteiger partial charge in [0, 0.05) is 17.0 Å². The minimum absolute atomic E-state index is 0.491. The van der Waals surface area contributed by atoms with Crippen molar-refractivity contribution in [1.82, 2.24) is 0 Å². The summed E-state index contributed by atoms with van der Waals surface area (Å²) in [6.45, 7) is 2.19. The summed E-state index contributed by atoms with van der Waals surface area (Å²) in [5.74, 6) is 1.31. The molecule has 1 rings (SSSR count). The van der Waals surface area contributed by atoms with Crippen LogP contribution in [0, 0.1) is 0 Å². The lowest BCUT2D eigenvalue weighted by molar-refractivity contribution is 0.622. The van der Waals surface area contributed by atoms with E-state index in [2.05, 4.69) is 6.92 Å². The van der Waals surface area contributed by atoms with Crippen LogP contribution in [0.2, 0.25) is 0 Å². The second-order valence-electron chi connectivity index (χ2n) is 2.32. The minimum Gasteiger partial charge on any atom is -0.327 e. The SMILES string of the molecule is CCCC(N)C1CS1. The average molecular weight is 131 g/mol. The minimum atomic E-state index is 0.491. The lowest BCUT2D eigenvalue weighted by Crippen LogP contribution is -2.24. The van der Waals surface area contributed by atoms with E-state index in [1.54, 1.807) is 0 Å². The Morgan fingerprint density at radius 1 is 1.88 bits per heavy atom. The van der Waals surface area contributed by atoms with E-state index in [1.807, 2.05) is 11.8 Å². The van der Waals surface area contributed by atoms with Gasteiger partial charge in [-0.25, -0.2) is 0 Å². The van der Waals surface area contributed by atoms with E-state index < -0.39 is 0 Å². The smallest absolute Gasteiger partial charge is 0.0290 e. The first-order valence-electron chi connectivity index (χ1n) is 3.21. The molecular formula is C6H13NS. The summed E-state index contributed by atoms with van der Waals surface area (Å²) in [7, 11) is 0. The van der Waals surface area contributed by atoms with Crippen molar-refractivity contribution in [2.45, 2.75) is 31.1 Å². The Morgan fingerprint density at radius 3 is 2.88 bits per heavy atom. The van der Waals surface area contributed by atoms with E-state index in [0.717, 1.165) is 5.25 Å². The number of hydrogen-bond acceptors (Lipinski definition) is 2. The van der Waals surface area contributed by atoms with Crippen LogP contribution >= 0.6 is 11.8 Å². The maximum atomic E-state index is 5.77. The largest absolute Gasteiger partial charge is 0.327 e. The van der Waals surface area contributed by atoms with Gasteiger partial charge in [-0.05, 0) is 6.42 Å². The van der Waals surface area contributed by atoms with E-state index >= 15 is 0 Å². The summed E-state index contributed by atoms with van der Waals surface area (Å²) in [5.41, 5.74) is 5.77. The van der Waals surface area contributed by atoms with Crippen molar-refractivity contribution in [1.29, 1.82) is 0 Å². The molecule has 0 aliphatic carbocycles. The molecule has 8 heavy (non-hydrogen) atoms. The molecule has 1 saturated heterocycles. The Balaban J connectivity index is 2.03. The number of hydrogen-bond donors (Lipinski definition) is 1. The monoisotopic (exact) mass is 131 g/mol. The summed E-state index contributed by atoms with van der Waals surface area (Å²) >= 11 is 1.99. The molecule has 0 amide bonds. The third kappa shape index (κ3) is 1.67. The molecule has 0 spiro atoms. The molecule has 0 radical (unpaired) electrons. The van der Waals surface area contributed by atoms with E-state index in [1.165, 1.54) is 18.6 Å². The maximum Gasteiger partial charge on any atom is 0.0290 e. The van der Waals surface area contributed by atoms with E-state index in [9.17, 15) is 0 Å². The molecule has 1 fully saturated rings. The zero-order chi connectivity index (χ0) is 5.98. The first kappa shape index (κ1) is 6.43. The average Bonchev–Trinajstić information content (AvgIpc) is 2.45. The van der Waals surface area contributed by atoms with E-state index in [-0.39, 0.29) is 0 Å². The highest BCUT2D eigenvalue weighted by Gasteiger charge is 2.28. The molecule has 1 aliphatic heterocycles. The fraction of sp³-hybridized carbons (Fsp3) is 1.00. The number of nitrogens with two attached hydrogens (primary N) is 1. The molecule has 2 heteroatoms. The Hall–Kier alpha value is 0.310. The second kappa shape index (κ2) is 2.74. The van der Waals surface area contributed by atoms with Crippen LogP contribution in [0.1, 0.15) is 19.8 Å². The Kier molecular flexibility index (Phi) is 2.20. The van der Waals surface area contributed by atoms with Gasteiger partial charge in [0.05, 0.1) is 0 Å². The van der Waals surface area contributed by atoms with Crippen LogP contribution in [0.5, 0.6) is 0 Å². The van der Waals surface area contributed by atoms with Crippen molar-refractivity contribution < 1.29 is 0 Å². The molecular weight excluding hydrogens is 118 g/mol. The molecule has 2 unspecified atom stereocenters. The zero-order valence-electron chi connectivity index (χ0n) is 5.26. The number of thioether (sulfide) groups is 1. The molecule has 0 aromatic heterocycles. The van der Waals surface area contributed by atoms with E-state index in [4.69, 9.17) is 5.73 Å². The third-order valence-corrected chi connectivity index (χ3v) is 2.53. The lowest BCUT2D eigenvalue weighted by atomic mass is 10.1. The van der Waals surface area contributed by atoms with Gasteiger partial charge in [0.15, 0.2) is 0 Å². The molecule has 48 valence electrons. The Labute approximate surface area is 55.0 Å². The van der Waals surface area contributed by atoms with Crippen molar-refractivity contribution in [2.75, 3.05) is 5.75 Å². The van der Waals surface area contributed by atoms with Crippen molar-refractivity contribution in [2.24, 2.45) is 5.73 Å². The highest BCUT2D eigenvalue weighted by molar-refractivity contribution is 8.06. The zero-order valence-corrected chi connectivity index (χ0v) is 6.08. The predicted molar refractivity (Wildman–Crippen MR) is 39.1 cm³/mol. The van der Waals surface area contributed by atoms with Crippen molar-refractivity contribution in [3.05, 3.63) is 0 Å². The van der Waals surface area contributed by atoms with Gasteiger partial charge in [0.2, 0.25) is 0 Å². The Morgan fingerprint density at radius 2 is 2.50 bits per heavy atom. The maximum absolute atomic E-state index is 5.77. The first-order chi connectivity index (χ1) is 3.84. The fourth-order valence-electron chi connectivity index (χ4n) is 0.822. The summed E-state index contributed by atoms with van der Waals surface area (Å²) in [5, 5.41) is 0.815. The third-order valence-electron chi connectivity index (χ3n) is 1.46. The van der Waals surface area contributed by atoms with E-state index in [0.29, 0.717) is 6.04 Å². The van der Waals surface area contributed by atoms with Gasteiger partial charge >= 0.3 is 0 Å². The van der Waals surface area contributed by atoms with Gasteiger partial charge < -0.3 is 5.73 Å². The first-order valence-corrected chi connectivity index (χ1v) is 4.26. The molecule has 0 saturated carbocycles. The molecule has 1 nitrogen and oxygen atoms in total. The van der Waals surface area contributed by atoms with Crippen molar-refractivity contribution in [3.8, 4) is 0 Å². The van der Waals surface area contributed by atoms with Crippen molar-refractivity contribution in [3.63, 3.8) is 0 Å². The molecule has 2 N–H and O–H groups in total. The van der Waals surface area contributed by atoms with Crippen LogP contribution in [-0.4, -0.2) is 17.0 Å². The topological polar surface area (TPSA) is 26.0 Å². The molecule has 2 atom stereocenters. The van der Waals surface area contributed by atoms with Crippen LogP contribution in [0.25, 0.3) is 0 Å². The molecule has 1 aliphatic rings. The quantitative estimate of drug-likeness (QED) is 0.583. The molecule has 0 bridgehead atoms. The van der Waals surface area contributed by atoms with Gasteiger partial charge in [-0.15, -0.1) is 0 Å². The van der Waals surface area contributed by atoms with Gasteiger partial charge in [0.25, 0.3) is 0 Å². The highest BCUT2D eigenvalue weighted by atomic mass is 32.2. The number of rotatable bonds is 3. The summed E-state index contributed by atoms with van der Waals surface area (Å²) in [6.07, 6.45) is 2.44. The fourth-order valence-corrected chi connectivity index (χ4v) is 1.56. The van der Waals surface area contributed by atoms with Gasteiger partial charge in [-0.3, -0.25) is 0 Å². The van der Waals surface area contributed by atoms with Gasteiger partial charge in [-0.1, -0.05) is 13.3 Å². The van der Waals surface area contributed by atoms with Crippen LogP contribution in [0.3, 0.4) is 0 Å².